The summed E-state index contributed by atoms with van der Waals surface area (Å²) in [5, 5.41) is 28.5. The van der Waals surface area contributed by atoms with Crippen LogP contribution in [0.4, 0.5) is 0 Å². The molecule has 1 fully saturated rings. The number of rotatable bonds is 2. The molecule has 6 nitrogen and oxygen atoms in total. The Balaban J connectivity index is 2.71. The number of hydrogen-bond donors (Lipinski definition) is 3. The van der Waals surface area contributed by atoms with Crippen LogP contribution < -0.4 is 0 Å². The number of aliphatic hydroxyl groups is 3. The molecule has 0 bridgehead atoms. The molecular weight excluding hydrogens is 216 g/mol. The Bertz CT molecular complexity index is 240. The zero-order valence-electron chi connectivity index (χ0n) is 9.53. The van der Waals surface area contributed by atoms with E-state index in [1.165, 1.54) is 6.92 Å². The summed E-state index contributed by atoms with van der Waals surface area (Å²) in [6, 6.07) is 0. The topological polar surface area (TPSA) is 96.2 Å². The third-order valence-corrected chi connectivity index (χ3v) is 2.52. The summed E-state index contributed by atoms with van der Waals surface area (Å²) in [5.41, 5.74) is 0. The van der Waals surface area contributed by atoms with Crippen molar-refractivity contribution < 1.29 is 29.6 Å². The van der Waals surface area contributed by atoms with Gasteiger partial charge in [-0.15, -0.1) is 0 Å². The van der Waals surface area contributed by atoms with E-state index >= 15 is 0 Å². The molecule has 16 heavy (non-hydrogen) atoms. The molecule has 0 saturated carbocycles. The maximum Gasteiger partial charge on any atom is 0.308 e. The van der Waals surface area contributed by atoms with Gasteiger partial charge in [0.2, 0.25) is 0 Å². The lowest BCUT2D eigenvalue weighted by Crippen LogP contribution is -2.58. The van der Waals surface area contributed by atoms with Gasteiger partial charge in [-0.3, -0.25) is 4.79 Å². The first-order chi connectivity index (χ1) is 7.34. The van der Waals surface area contributed by atoms with Gasteiger partial charge in [0.1, 0.15) is 12.2 Å². The smallest absolute Gasteiger partial charge is 0.308 e. The average molecular weight is 234 g/mol. The third kappa shape index (κ3) is 2.70. The minimum Gasteiger partial charge on any atom is -0.456 e. The van der Waals surface area contributed by atoms with Crippen molar-refractivity contribution in [2.45, 2.75) is 51.5 Å². The second-order valence-electron chi connectivity index (χ2n) is 4.27. The van der Waals surface area contributed by atoms with Crippen LogP contribution in [0.1, 0.15) is 20.8 Å². The lowest BCUT2D eigenvalue weighted by molar-refractivity contribution is -0.282. The highest BCUT2D eigenvalue weighted by Crippen LogP contribution is 2.22. The standard InChI is InChI=1S/C10H18O6/c1-4(2)9(13)16-8-6(11)5(3)15-10(14)7(8)12/h4-8,10-12,14H,1-3H3/t5-,6+,7-,8+,10+/m0/s1. The molecule has 5 atom stereocenters. The van der Waals surface area contributed by atoms with Gasteiger partial charge in [0, 0.05) is 0 Å². The molecule has 0 aromatic carbocycles. The number of carbonyl (C=O) groups is 1. The minimum atomic E-state index is -1.46. The summed E-state index contributed by atoms with van der Waals surface area (Å²) >= 11 is 0. The van der Waals surface area contributed by atoms with Gasteiger partial charge >= 0.3 is 5.97 Å². The summed E-state index contributed by atoms with van der Waals surface area (Å²) in [4.78, 5) is 11.3. The molecular formula is C10H18O6. The predicted molar refractivity (Wildman–Crippen MR) is 53.3 cm³/mol. The highest BCUT2D eigenvalue weighted by Gasteiger charge is 2.44. The average Bonchev–Trinajstić information content (AvgIpc) is 2.21. The van der Waals surface area contributed by atoms with Gasteiger partial charge in [-0.05, 0) is 6.92 Å². The van der Waals surface area contributed by atoms with E-state index in [1.54, 1.807) is 13.8 Å². The first kappa shape index (κ1) is 13.4. The summed E-state index contributed by atoms with van der Waals surface area (Å²) in [6.07, 6.45) is -5.91. The molecule has 6 heteroatoms. The Morgan fingerprint density at radius 2 is 1.81 bits per heavy atom. The second-order valence-corrected chi connectivity index (χ2v) is 4.27. The summed E-state index contributed by atoms with van der Waals surface area (Å²) in [5.74, 6) is -0.904. The van der Waals surface area contributed by atoms with Crippen LogP contribution in [0.15, 0.2) is 0 Å². The SMILES string of the molecule is CC(C)C(=O)O[C@@H]1[C@H](O)[C@H](C)O[C@@H](O)[C@H]1O. The highest BCUT2D eigenvalue weighted by molar-refractivity contribution is 5.71. The number of aliphatic hydroxyl groups excluding tert-OH is 3. The molecule has 0 unspecified atom stereocenters. The molecule has 0 radical (unpaired) electrons. The van der Waals surface area contributed by atoms with Crippen LogP contribution in [0.3, 0.4) is 0 Å². The largest absolute Gasteiger partial charge is 0.456 e. The van der Waals surface area contributed by atoms with Crippen LogP contribution in [-0.2, 0) is 14.3 Å². The van der Waals surface area contributed by atoms with E-state index in [-0.39, 0.29) is 5.92 Å². The zero-order chi connectivity index (χ0) is 12.5. The first-order valence-electron chi connectivity index (χ1n) is 5.24. The van der Waals surface area contributed by atoms with Crippen molar-refractivity contribution in [2.75, 3.05) is 0 Å². The monoisotopic (exact) mass is 234 g/mol. The van der Waals surface area contributed by atoms with Gasteiger partial charge in [-0.25, -0.2) is 0 Å². The van der Waals surface area contributed by atoms with Crippen molar-refractivity contribution in [3.05, 3.63) is 0 Å². The predicted octanol–water partition coefficient (Wildman–Crippen LogP) is -0.987. The van der Waals surface area contributed by atoms with Crippen LogP contribution in [0.25, 0.3) is 0 Å². The molecule has 1 aliphatic rings. The molecule has 1 aliphatic heterocycles. The van der Waals surface area contributed by atoms with Crippen molar-refractivity contribution in [2.24, 2.45) is 5.92 Å². The van der Waals surface area contributed by atoms with Crippen molar-refractivity contribution in [3.8, 4) is 0 Å². The Kier molecular flexibility index (Phi) is 4.26. The number of carbonyl (C=O) groups excluding carboxylic acids is 1. The molecule has 0 aliphatic carbocycles. The molecule has 0 spiro atoms. The lowest BCUT2D eigenvalue weighted by atomic mass is 9.99. The minimum absolute atomic E-state index is 0.366. The van der Waals surface area contributed by atoms with Crippen molar-refractivity contribution in [3.63, 3.8) is 0 Å². The van der Waals surface area contributed by atoms with E-state index in [0.717, 1.165) is 0 Å². The molecule has 1 rings (SSSR count). The molecule has 0 aromatic heterocycles. The van der Waals surface area contributed by atoms with Gasteiger partial charge in [0.15, 0.2) is 12.4 Å². The summed E-state index contributed by atoms with van der Waals surface area (Å²) < 4.78 is 9.79. The lowest BCUT2D eigenvalue weighted by Gasteiger charge is -2.39. The molecule has 3 N–H and O–H groups in total. The maximum atomic E-state index is 11.3. The molecule has 1 saturated heterocycles. The maximum absolute atomic E-state index is 11.3. The van der Waals surface area contributed by atoms with E-state index in [4.69, 9.17) is 9.47 Å². The van der Waals surface area contributed by atoms with Crippen molar-refractivity contribution in [1.82, 2.24) is 0 Å². The van der Waals surface area contributed by atoms with Gasteiger partial charge in [0.25, 0.3) is 0 Å². The molecule has 0 aromatic rings. The van der Waals surface area contributed by atoms with E-state index in [0.29, 0.717) is 0 Å². The van der Waals surface area contributed by atoms with Crippen LogP contribution in [0.2, 0.25) is 0 Å². The number of hydrogen-bond acceptors (Lipinski definition) is 6. The van der Waals surface area contributed by atoms with Crippen molar-refractivity contribution >= 4 is 5.97 Å². The molecule has 0 amide bonds. The Labute approximate surface area is 93.8 Å². The Morgan fingerprint density at radius 1 is 1.25 bits per heavy atom. The number of esters is 1. The first-order valence-corrected chi connectivity index (χ1v) is 5.24. The summed E-state index contributed by atoms with van der Waals surface area (Å²) in [6.45, 7) is 4.80. The molecule has 94 valence electrons. The van der Waals surface area contributed by atoms with E-state index in [2.05, 4.69) is 0 Å². The van der Waals surface area contributed by atoms with E-state index in [9.17, 15) is 20.1 Å². The Morgan fingerprint density at radius 3 is 2.31 bits per heavy atom. The van der Waals surface area contributed by atoms with Crippen LogP contribution in [-0.4, -0.2) is 52.0 Å². The fourth-order valence-electron chi connectivity index (χ4n) is 1.42. The number of ether oxygens (including phenoxy) is 2. The van der Waals surface area contributed by atoms with Gasteiger partial charge < -0.3 is 24.8 Å². The van der Waals surface area contributed by atoms with Crippen LogP contribution in [0.5, 0.6) is 0 Å². The second kappa shape index (κ2) is 5.09. The zero-order valence-corrected chi connectivity index (χ0v) is 9.53. The third-order valence-electron chi connectivity index (χ3n) is 2.52. The highest BCUT2D eigenvalue weighted by atomic mass is 16.6. The fourth-order valence-corrected chi connectivity index (χ4v) is 1.42. The van der Waals surface area contributed by atoms with E-state index in [1.807, 2.05) is 0 Å². The van der Waals surface area contributed by atoms with Crippen LogP contribution in [0, 0.1) is 5.92 Å². The normalized spacial score (nSPS) is 39.8. The van der Waals surface area contributed by atoms with Gasteiger partial charge in [-0.2, -0.15) is 0 Å². The van der Waals surface area contributed by atoms with E-state index < -0.39 is 36.7 Å². The van der Waals surface area contributed by atoms with Crippen molar-refractivity contribution in [1.29, 1.82) is 0 Å². The Hall–Kier alpha value is -0.690. The summed E-state index contributed by atoms with van der Waals surface area (Å²) in [7, 11) is 0. The fraction of sp³-hybridized carbons (Fsp3) is 0.900. The van der Waals surface area contributed by atoms with Crippen LogP contribution >= 0.6 is 0 Å². The molecule has 1 heterocycles. The van der Waals surface area contributed by atoms with Gasteiger partial charge in [-0.1, -0.05) is 13.8 Å². The quantitative estimate of drug-likeness (QED) is 0.531. The van der Waals surface area contributed by atoms with Gasteiger partial charge in [0.05, 0.1) is 12.0 Å².